The monoisotopic (exact) mass is 285 g/mol. The molecule has 0 aliphatic heterocycles. The first-order valence-corrected chi connectivity index (χ1v) is 7.46. The van der Waals surface area contributed by atoms with E-state index in [0.29, 0.717) is 18.2 Å². The molecule has 0 unspecified atom stereocenters. The van der Waals surface area contributed by atoms with Crippen LogP contribution in [0.4, 0.5) is 10.5 Å². The molecule has 0 aromatic heterocycles. The van der Waals surface area contributed by atoms with Gasteiger partial charge >= 0.3 is 6.03 Å². The molecule has 0 radical (unpaired) electrons. The van der Waals surface area contributed by atoms with Gasteiger partial charge in [-0.3, -0.25) is 0 Å². The molecule has 6 nitrogen and oxygen atoms in total. The molecule has 0 spiro atoms. The zero-order chi connectivity index (χ0) is 14.5. The molecule has 0 aliphatic rings. The summed E-state index contributed by atoms with van der Waals surface area (Å²) < 4.78 is 25.6. The summed E-state index contributed by atoms with van der Waals surface area (Å²) in [5.41, 5.74) is 5.93. The van der Waals surface area contributed by atoms with Gasteiger partial charge in [0, 0.05) is 12.2 Å². The molecule has 7 heteroatoms. The van der Waals surface area contributed by atoms with Crippen LogP contribution in [0.2, 0.25) is 0 Å². The molecule has 1 aromatic rings. The molecule has 0 heterocycles. The van der Waals surface area contributed by atoms with Crippen LogP contribution in [0.1, 0.15) is 20.3 Å². The average molecular weight is 285 g/mol. The fourth-order valence-electron chi connectivity index (χ4n) is 1.34. The summed E-state index contributed by atoms with van der Waals surface area (Å²) in [5, 5.41) is 2.50. The quantitative estimate of drug-likeness (QED) is 0.710. The van der Waals surface area contributed by atoms with Crippen molar-refractivity contribution in [3.63, 3.8) is 0 Å². The van der Waals surface area contributed by atoms with Crippen molar-refractivity contribution < 1.29 is 13.2 Å². The van der Waals surface area contributed by atoms with Crippen LogP contribution in [0, 0.1) is 5.92 Å². The van der Waals surface area contributed by atoms with Gasteiger partial charge in [0.05, 0.1) is 4.90 Å². The molecule has 0 saturated carbocycles. The van der Waals surface area contributed by atoms with E-state index in [4.69, 9.17) is 5.73 Å². The van der Waals surface area contributed by atoms with Crippen molar-refractivity contribution in [1.29, 1.82) is 0 Å². The fraction of sp³-hybridized carbons (Fsp3) is 0.417. The molecule has 0 fully saturated rings. The Morgan fingerprint density at radius 3 is 2.37 bits per heavy atom. The molecule has 0 aliphatic carbocycles. The van der Waals surface area contributed by atoms with Gasteiger partial charge in [-0.25, -0.2) is 17.9 Å². The summed E-state index contributed by atoms with van der Waals surface area (Å²) in [4.78, 5) is 11.5. The molecule has 0 atom stereocenters. The number of hydrogen-bond acceptors (Lipinski definition) is 4. The number of amides is 2. The first-order chi connectivity index (χ1) is 8.81. The highest BCUT2D eigenvalue weighted by atomic mass is 32.2. The summed E-state index contributed by atoms with van der Waals surface area (Å²) in [6, 6.07) is 4.90. The minimum Gasteiger partial charge on any atom is -0.399 e. The summed E-state index contributed by atoms with van der Waals surface area (Å²) in [6.45, 7) is 4.47. The molecule has 4 N–H and O–H groups in total. The van der Waals surface area contributed by atoms with Crippen molar-refractivity contribution in [3.05, 3.63) is 24.3 Å². The number of nitrogen functional groups attached to an aromatic ring is 1. The summed E-state index contributed by atoms with van der Waals surface area (Å²) in [6.07, 6.45) is 0.787. The lowest BCUT2D eigenvalue weighted by Gasteiger charge is -2.09. The van der Waals surface area contributed by atoms with Gasteiger partial charge in [0.15, 0.2) is 0 Å². The van der Waals surface area contributed by atoms with Crippen molar-refractivity contribution >= 4 is 21.7 Å². The van der Waals surface area contributed by atoms with E-state index >= 15 is 0 Å². The summed E-state index contributed by atoms with van der Waals surface area (Å²) in [5.74, 6) is 0.439. The molecular formula is C12H19N3O3S. The van der Waals surface area contributed by atoms with E-state index in [2.05, 4.69) is 5.32 Å². The van der Waals surface area contributed by atoms with Gasteiger partial charge in [-0.2, -0.15) is 0 Å². The Balaban J connectivity index is 2.59. The number of hydrogen-bond donors (Lipinski definition) is 3. The van der Waals surface area contributed by atoms with Crippen LogP contribution in [0.3, 0.4) is 0 Å². The molecular weight excluding hydrogens is 266 g/mol. The number of sulfonamides is 1. The smallest absolute Gasteiger partial charge is 0.328 e. The van der Waals surface area contributed by atoms with Crippen LogP contribution in [-0.2, 0) is 10.0 Å². The van der Waals surface area contributed by atoms with Crippen LogP contribution in [0.25, 0.3) is 0 Å². The molecule has 1 aromatic carbocycles. The highest BCUT2D eigenvalue weighted by Gasteiger charge is 2.16. The number of urea groups is 1. The highest BCUT2D eigenvalue weighted by Crippen LogP contribution is 2.11. The lowest BCUT2D eigenvalue weighted by Crippen LogP contribution is -2.40. The van der Waals surface area contributed by atoms with Crippen LogP contribution < -0.4 is 15.8 Å². The van der Waals surface area contributed by atoms with Crippen molar-refractivity contribution in [2.24, 2.45) is 5.92 Å². The number of rotatable bonds is 5. The topological polar surface area (TPSA) is 101 Å². The second-order valence-electron chi connectivity index (χ2n) is 4.61. The van der Waals surface area contributed by atoms with E-state index in [1.54, 1.807) is 0 Å². The standard InChI is InChI=1S/C12H19N3O3S/c1-9(2)7-8-14-12(16)15-19(17,18)11-5-3-10(13)4-6-11/h3-6,9H,7-8,13H2,1-2H3,(H2,14,15,16). The van der Waals surface area contributed by atoms with E-state index in [-0.39, 0.29) is 4.90 Å². The third-order valence-electron chi connectivity index (χ3n) is 2.42. The van der Waals surface area contributed by atoms with E-state index in [1.807, 2.05) is 18.6 Å². The predicted molar refractivity (Wildman–Crippen MR) is 74.0 cm³/mol. The Labute approximate surface area is 113 Å². The van der Waals surface area contributed by atoms with Crippen molar-refractivity contribution in [3.8, 4) is 0 Å². The van der Waals surface area contributed by atoms with Crippen molar-refractivity contribution in [1.82, 2.24) is 10.0 Å². The lowest BCUT2D eigenvalue weighted by molar-refractivity contribution is 0.245. The number of nitrogens with one attached hydrogen (secondary N) is 2. The van der Waals surface area contributed by atoms with E-state index in [9.17, 15) is 13.2 Å². The van der Waals surface area contributed by atoms with Crippen LogP contribution >= 0.6 is 0 Å². The maximum Gasteiger partial charge on any atom is 0.328 e. The Hall–Kier alpha value is -1.76. The number of carbonyl (C=O) groups excluding carboxylic acids is 1. The average Bonchev–Trinajstić information content (AvgIpc) is 2.28. The highest BCUT2D eigenvalue weighted by molar-refractivity contribution is 7.90. The van der Waals surface area contributed by atoms with E-state index < -0.39 is 16.1 Å². The SMILES string of the molecule is CC(C)CCNC(=O)NS(=O)(=O)c1ccc(N)cc1. The predicted octanol–water partition coefficient (Wildman–Crippen LogP) is 1.30. The molecule has 1 rings (SSSR count). The van der Waals surface area contributed by atoms with Gasteiger partial charge in [0.2, 0.25) is 0 Å². The second kappa shape index (κ2) is 6.42. The zero-order valence-electron chi connectivity index (χ0n) is 11.0. The third-order valence-corrected chi connectivity index (χ3v) is 3.77. The summed E-state index contributed by atoms with van der Waals surface area (Å²) >= 11 is 0. The maximum atomic E-state index is 11.8. The van der Waals surface area contributed by atoms with Crippen molar-refractivity contribution in [2.75, 3.05) is 12.3 Å². The Kier molecular flexibility index (Phi) is 5.17. The Morgan fingerprint density at radius 2 is 1.84 bits per heavy atom. The van der Waals surface area contributed by atoms with E-state index in [1.165, 1.54) is 24.3 Å². The molecule has 106 valence electrons. The van der Waals surface area contributed by atoms with Crippen LogP contribution in [0.15, 0.2) is 29.2 Å². The zero-order valence-corrected chi connectivity index (χ0v) is 11.8. The van der Waals surface area contributed by atoms with Crippen molar-refractivity contribution in [2.45, 2.75) is 25.2 Å². The van der Waals surface area contributed by atoms with Crippen LogP contribution in [-0.4, -0.2) is 21.0 Å². The van der Waals surface area contributed by atoms with Gasteiger partial charge < -0.3 is 11.1 Å². The largest absolute Gasteiger partial charge is 0.399 e. The first-order valence-electron chi connectivity index (χ1n) is 5.97. The molecule has 19 heavy (non-hydrogen) atoms. The number of benzene rings is 1. The molecule has 0 saturated heterocycles. The number of anilines is 1. The minimum atomic E-state index is -3.84. The van der Waals surface area contributed by atoms with Gasteiger partial charge in [-0.15, -0.1) is 0 Å². The molecule has 0 bridgehead atoms. The maximum absolute atomic E-state index is 11.8. The summed E-state index contributed by atoms with van der Waals surface area (Å²) in [7, 11) is -3.84. The Morgan fingerprint density at radius 1 is 1.26 bits per heavy atom. The van der Waals surface area contributed by atoms with E-state index in [0.717, 1.165) is 6.42 Å². The van der Waals surface area contributed by atoms with Gasteiger partial charge in [0.25, 0.3) is 10.0 Å². The number of nitrogens with two attached hydrogens (primary N) is 1. The van der Waals surface area contributed by atoms with Gasteiger partial charge in [-0.1, -0.05) is 13.8 Å². The first kappa shape index (κ1) is 15.3. The Bertz CT molecular complexity index is 524. The fourth-order valence-corrected chi connectivity index (χ4v) is 2.27. The lowest BCUT2D eigenvalue weighted by atomic mass is 10.1. The minimum absolute atomic E-state index is 0.000657. The molecule has 2 amide bonds. The third kappa shape index (κ3) is 5.17. The van der Waals surface area contributed by atoms with Gasteiger partial charge in [-0.05, 0) is 36.6 Å². The second-order valence-corrected chi connectivity index (χ2v) is 6.30. The van der Waals surface area contributed by atoms with Crippen LogP contribution in [0.5, 0.6) is 0 Å². The number of carbonyl (C=O) groups is 1. The van der Waals surface area contributed by atoms with Gasteiger partial charge in [0.1, 0.15) is 0 Å². The normalized spacial score (nSPS) is 11.3.